The molecule has 28 heavy (non-hydrogen) atoms. The zero-order valence-corrected chi connectivity index (χ0v) is 19.2. The minimum atomic E-state index is -0.674. The van der Waals surface area contributed by atoms with Gasteiger partial charge in [-0.25, -0.2) is 0 Å². The normalized spacial score (nSPS) is 17.0. The average molecular weight is 474 g/mol. The summed E-state index contributed by atoms with van der Waals surface area (Å²) < 4.78 is 1.96. The number of piperazine rings is 1. The molecule has 146 valence electrons. The largest absolute Gasteiger partial charge is 0.355 e. The van der Waals surface area contributed by atoms with Gasteiger partial charge >= 0.3 is 0 Å². The molecule has 1 saturated heterocycles. The van der Waals surface area contributed by atoms with Crippen molar-refractivity contribution in [2.45, 2.75) is 11.8 Å². The molecule has 1 aliphatic rings. The van der Waals surface area contributed by atoms with E-state index in [4.69, 9.17) is 12.2 Å². The lowest BCUT2D eigenvalue weighted by molar-refractivity contribution is 0.220. The number of nitriles is 1. The highest BCUT2D eigenvalue weighted by Crippen LogP contribution is 2.37. The molecule has 0 N–H and O–H groups in total. The predicted octanol–water partition coefficient (Wildman–Crippen LogP) is 4.91. The summed E-state index contributed by atoms with van der Waals surface area (Å²) in [6.45, 7) is 4.06. The first-order valence-corrected chi connectivity index (χ1v) is 11.6. The quantitative estimate of drug-likeness (QED) is 0.575. The van der Waals surface area contributed by atoms with Crippen molar-refractivity contribution in [3.8, 4) is 6.07 Å². The van der Waals surface area contributed by atoms with Crippen molar-refractivity contribution in [1.82, 2.24) is 9.80 Å². The zero-order chi connectivity index (χ0) is 20.0. The zero-order valence-electron chi connectivity index (χ0n) is 16.0. The first-order valence-electron chi connectivity index (χ1n) is 9.38. The van der Waals surface area contributed by atoms with Gasteiger partial charge in [0.15, 0.2) is 0 Å². The van der Waals surface area contributed by atoms with Crippen LogP contribution in [0.2, 0.25) is 0 Å². The van der Waals surface area contributed by atoms with E-state index >= 15 is 0 Å². The molecule has 1 heterocycles. The Labute approximate surface area is 185 Å². The molecule has 0 amide bonds. The fourth-order valence-corrected chi connectivity index (χ4v) is 5.11. The highest BCUT2D eigenvalue weighted by molar-refractivity contribution is 9.10. The standard InChI is InChI=1S/C22H24BrN3S2/c1-25-12-14-26(15-13-25)21(27)28-16-11-22(17-24,18-5-3-2-4-6-18)19-7-9-20(23)10-8-19/h2-10H,11-16H2,1H3. The molecule has 1 aliphatic heterocycles. The number of hydrogen-bond acceptors (Lipinski definition) is 4. The molecule has 1 atom stereocenters. The van der Waals surface area contributed by atoms with E-state index in [1.807, 2.05) is 42.5 Å². The first-order chi connectivity index (χ1) is 13.5. The van der Waals surface area contributed by atoms with E-state index in [-0.39, 0.29) is 0 Å². The monoisotopic (exact) mass is 473 g/mol. The van der Waals surface area contributed by atoms with Gasteiger partial charge in [0.05, 0.1) is 6.07 Å². The molecule has 0 saturated carbocycles. The van der Waals surface area contributed by atoms with Gasteiger partial charge < -0.3 is 9.80 Å². The highest BCUT2D eigenvalue weighted by Gasteiger charge is 2.34. The van der Waals surface area contributed by atoms with E-state index in [0.29, 0.717) is 6.42 Å². The van der Waals surface area contributed by atoms with Crippen molar-refractivity contribution >= 4 is 44.2 Å². The molecule has 1 fully saturated rings. The van der Waals surface area contributed by atoms with E-state index < -0.39 is 5.41 Å². The second kappa shape index (κ2) is 9.89. The number of hydrogen-bond donors (Lipinski definition) is 0. The fourth-order valence-electron chi connectivity index (χ4n) is 3.47. The summed E-state index contributed by atoms with van der Waals surface area (Å²) >= 11 is 10.9. The van der Waals surface area contributed by atoms with Crippen LogP contribution >= 0.6 is 39.9 Å². The second-order valence-electron chi connectivity index (χ2n) is 7.04. The van der Waals surface area contributed by atoms with Crippen LogP contribution in [0.1, 0.15) is 17.5 Å². The first kappa shape index (κ1) is 21.3. The van der Waals surface area contributed by atoms with Crippen molar-refractivity contribution in [2.24, 2.45) is 0 Å². The lowest BCUT2D eigenvalue weighted by Gasteiger charge is -2.34. The van der Waals surface area contributed by atoms with Crippen LogP contribution in [0.25, 0.3) is 0 Å². The van der Waals surface area contributed by atoms with E-state index in [1.54, 1.807) is 11.8 Å². The third-order valence-corrected chi connectivity index (χ3v) is 7.31. The Kier molecular flexibility index (Phi) is 7.53. The van der Waals surface area contributed by atoms with E-state index in [0.717, 1.165) is 51.9 Å². The van der Waals surface area contributed by atoms with Gasteiger partial charge in [-0.15, -0.1) is 0 Å². The minimum Gasteiger partial charge on any atom is -0.355 e. The van der Waals surface area contributed by atoms with Crippen molar-refractivity contribution in [3.63, 3.8) is 0 Å². The Morgan fingerprint density at radius 1 is 1.07 bits per heavy atom. The maximum absolute atomic E-state index is 10.3. The Hall–Kier alpha value is -1.39. The Bertz CT molecular complexity index is 827. The number of nitrogens with zero attached hydrogens (tertiary/aromatic N) is 3. The third kappa shape index (κ3) is 4.96. The molecule has 0 bridgehead atoms. The summed E-state index contributed by atoms with van der Waals surface area (Å²) in [6, 6.07) is 20.8. The molecule has 0 aromatic heterocycles. The van der Waals surface area contributed by atoms with E-state index in [2.05, 4.69) is 51.0 Å². The van der Waals surface area contributed by atoms with Gasteiger partial charge in [0, 0.05) is 36.4 Å². The van der Waals surface area contributed by atoms with Gasteiger partial charge in [-0.1, -0.05) is 82.4 Å². The van der Waals surface area contributed by atoms with Crippen LogP contribution in [0, 0.1) is 11.3 Å². The molecular weight excluding hydrogens is 450 g/mol. The summed E-state index contributed by atoms with van der Waals surface area (Å²) in [5, 5.41) is 10.3. The van der Waals surface area contributed by atoms with Crippen LogP contribution in [-0.2, 0) is 5.41 Å². The lowest BCUT2D eigenvalue weighted by Crippen LogP contribution is -2.45. The Balaban J connectivity index is 1.76. The van der Waals surface area contributed by atoms with Gasteiger partial charge in [-0.2, -0.15) is 5.26 Å². The smallest absolute Gasteiger partial charge is 0.136 e. The van der Waals surface area contributed by atoms with Crippen LogP contribution in [-0.4, -0.2) is 53.1 Å². The van der Waals surface area contributed by atoms with Crippen molar-refractivity contribution < 1.29 is 0 Å². The van der Waals surface area contributed by atoms with Gasteiger partial charge in [0.25, 0.3) is 0 Å². The summed E-state index contributed by atoms with van der Waals surface area (Å²) in [6.07, 6.45) is 0.716. The summed E-state index contributed by atoms with van der Waals surface area (Å²) in [5.41, 5.74) is 1.38. The number of thioether (sulfide) groups is 1. The Morgan fingerprint density at radius 3 is 2.29 bits per heavy atom. The topological polar surface area (TPSA) is 30.3 Å². The molecule has 3 rings (SSSR count). The van der Waals surface area contributed by atoms with Crippen molar-refractivity contribution in [3.05, 3.63) is 70.2 Å². The average Bonchev–Trinajstić information content (AvgIpc) is 2.73. The molecule has 3 nitrogen and oxygen atoms in total. The van der Waals surface area contributed by atoms with E-state index in [1.165, 1.54) is 0 Å². The van der Waals surface area contributed by atoms with Gasteiger partial charge in [0.2, 0.25) is 0 Å². The second-order valence-corrected chi connectivity index (χ2v) is 9.69. The van der Waals surface area contributed by atoms with Crippen molar-refractivity contribution in [2.75, 3.05) is 39.0 Å². The maximum atomic E-state index is 10.3. The van der Waals surface area contributed by atoms with E-state index in [9.17, 15) is 5.26 Å². The maximum Gasteiger partial charge on any atom is 0.136 e. The molecule has 2 aromatic carbocycles. The molecule has 0 aliphatic carbocycles. The van der Waals surface area contributed by atoms with Crippen LogP contribution in [0.15, 0.2) is 59.1 Å². The Morgan fingerprint density at radius 2 is 1.68 bits per heavy atom. The third-order valence-electron chi connectivity index (χ3n) is 5.26. The fraction of sp³-hybridized carbons (Fsp3) is 0.364. The van der Waals surface area contributed by atoms with Gasteiger partial charge in [-0.05, 0) is 36.7 Å². The van der Waals surface area contributed by atoms with Crippen LogP contribution < -0.4 is 0 Å². The summed E-state index contributed by atoms with van der Waals surface area (Å²) in [7, 11) is 2.15. The summed E-state index contributed by atoms with van der Waals surface area (Å²) in [4.78, 5) is 4.61. The molecule has 2 aromatic rings. The number of benzene rings is 2. The number of halogens is 1. The van der Waals surface area contributed by atoms with Crippen LogP contribution in [0.3, 0.4) is 0 Å². The van der Waals surface area contributed by atoms with Crippen LogP contribution in [0.4, 0.5) is 0 Å². The highest BCUT2D eigenvalue weighted by atomic mass is 79.9. The molecule has 1 unspecified atom stereocenters. The SMILES string of the molecule is CN1CCN(C(=S)SCCC(C#N)(c2ccccc2)c2ccc(Br)cc2)CC1. The summed E-state index contributed by atoms with van der Waals surface area (Å²) in [5.74, 6) is 0.809. The lowest BCUT2D eigenvalue weighted by atomic mass is 9.74. The number of rotatable bonds is 5. The number of likely N-dealkylation sites (N-methyl/N-ethyl adjacent to an activating group) is 1. The minimum absolute atomic E-state index is 0.674. The number of thiocarbonyl (C=S) groups is 1. The van der Waals surface area contributed by atoms with Gasteiger partial charge in [-0.3, -0.25) is 0 Å². The van der Waals surface area contributed by atoms with Crippen molar-refractivity contribution in [1.29, 1.82) is 5.26 Å². The van der Waals surface area contributed by atoms with Gasteiger partial charge in [0.1, 0.15) is 9.74 Å². The molecule has 0 radical (unpaired) electrons. The molecule has 6 heteroatoms. The van der Waals surface area contributed by atoms with Crippen LogP contribution in [0.5, 0.6) is 0 Å². The molecule has 0 spiro atoms. The molecular formula is C22H24BrN3S2. The predicted molar refractivity (Wildman–Crippen MR) is 126 cm³/mol.